The zero-order valence-electron chi connectivity index (χ0n) is 12.1. The Morgan fingerprint density at radius 3 is 2.43 bits per heavy atom. The van der Waals surface area contributed by atoms with Crippen molar-refractivity contribution in [2.24, 2.45) is 5.73 Å². The van der Waals surface area contributed by atoms with E-state index in [0.29, 0.717) is 24.4 Å². The van der Waals surface area contributed by atoms with Crippen molar-refractivity contribution in [2.45, 2.75) is 20.4 Å². The lowest BCUT2D eigenvalue weighted by Crippen LogP contribution is -2.14. The van der Waals surface area contributed by atoms with Crippen LogP contribution < -0.4 is 5.73 Å². The largest absolute Gasteiger partial charge is 0.461 e. The van der Waals surface area contributed by atoms with Crippen LogP contribution in [0.4, 0.5) is 0 Å². The summed E-state index contributed by atoms with van der Waals surface area (Å²) in [5, 5.41) is 0. The summed E-state index contributed by atoms with van der Waals surface area (Å²) in [6.07, 6.45) is 1.85. The minimum Gasteiger partial charge on any atom is -0.461 e. The molecule has 110 valence electrons. The Labute approximate surface area is 123 Å². The number of esters is 1. The van der Waals surface area contributed by atoms with E-state index >= 15 is 0 Å². The maximum absolute atomic E-state index is 12.0. The molecule has 0 spiro atoms. The van der Waals surface area contributed by atoms with E-state index in [9.17, 15) is 9.59 Å². The summed E-state index contributed by atoms with van der Waals surface area (Å²) >= 11 is 0. The van der Waals surface area contributed by atoms with Gasteiger partial charge < -0.3 is 15.0 Å². The summed E-state index contributed by atoms with van der Waals surface area (Å²) in [7, 11) is 0. The monoisotopic (exact) mass is 286 g/mol. The number of hydrogen-bond acceptors (Lipinski definition) is 3. The van der Waals surface area contributed by atoms with Crippen molar-refractivity contribution in [3.63, 3.8) is 0 Å². The number of benzene rings is 1. The normalized spacial score (nSPS) is 10.4. The molecule has 5 heteroatoms. The van der Waals surface area contributed by atoms with Crippen LogP contribution in [0, 0.1) is 6.92 Å². The fourth-order valence-electron chi connectivity index (χ4n) is 2.16. The van der Waals surface area contributed by atoms with Gasteiger partial charge in [-0.15, -0.1) is 0 Å². The molecule has 0 saturated heterocycles. The van der Waals surface area contributed by atoms with Gasteiger partial charge in [0.15, 0.2) is 0 Å². The van der Waals surface area contributed by atoms with Gasteiger partial charge in [0.2, 0.25) is 5.91 Å². The third kappa shape index (κ3) is 3.31. The van der Waals surface area contributed by atoms with Gasteiger partial charge in [-0.25, -0.2) is 4.79 Å². The van der Waals surface area contributed by atoms with Crippen LogP contribution in [0.15, 0.2) is 36.5 Å². The number of rotatable bonds is 5. The van der Waals surface area contributed by atoms with Gasteiger partial charge in [0.25, 0.3) is 0 Å². The van der Waals surface area contributed by atoms with E-state index in [-0.39, 0.29) is 5.97 Å². The molecule has 2 aromatic rings. The maximum atomic E-state index is 12.0. The first-order chi connectivity index (χ1) is 10.0. The Morgan fingerprint density at radius 2 is 1.86 bits per heavy atom. The molecule has 1 amide bonds. The van der Waals surface area contributed by atoms with Crippen molar-refractivity contribution in [2.75, 3.05) is 6.61 Å². The number of aryl methyl sites for hydroxylation is 1. The van der Waals surface area contributed by atoms with Crippen molar-refractivity contribution < 1.29 is 14.3 Å². The number of nitrogens with zero attached hydrogens (tertiary/aromatic N) is 1. The topological polar surface area (TPSA) is 74.3 Å². The number of carbonyl (C=O) groups excluding carboxylic acids is 2. The van der Waals surface area contributed by atoms with Gasteiger partial charge in [0.1, 0.15) is 5.69 Å². The molecule has 0 aliphatic rings. The zero-order valence-corrected chi connectivity index (χ0v) is 12.1. The highest BCUT2D eigenvalue weighted by molar-refractivity contribution is 5.92. The van der Waals surface area contributed by atoms with Gasteiger partial charge in [0.05, 0.1) is 6.61 Å². The molecule has 0 atom stereocenters. The standard InChI is InChI=1S/C16H18N2O3/c1-3-21-16(20)14-11(2)8-9-18(14)10-12-4-6-13(7-5-12)15(17)19/h4-9H,3,10H2,1-2H3,(H2,17,19). The second-order valence-electron chi connectivity index (χ2n) is 4.76. The Morgan fingerprint density at radius 1 is 1.19 bits per heavy atom. The van der Waals surface area contributed by atoms with E-state index in [4.69, 9.17) is 10.5 Å². The van der Waals surface area contributed by atoms with Gasteiger partial charge in [-0.1, -0.05) is 12.1 Å². The Hall–Kier alpha value is -2.56. The van der Waals surface area contributed by atoms with Crippen LogP contribution in [-0.2, 0) is 11.3 Å². The third-order valence-corrected chi connectivity index (χ3v) is 3.23. The molecule has 0 aliphatic carbocycles. The number of hydrogen-bond donors (Lipinski definition) is 1. The van der Waals surface area contributed by atoms with E-state index in [1.165, 1.54) is 0 Å². The molecular formula is C16H18N2O3. The highest BCUT2D eigenvalue weighted by Gasteiger charge is 2.15. The third-order valence-electron chi connectivity index (χ3n) is 3.23. The fourth-order valence-corrected chi connectivity index (χ4v) is 2.16. The number of carbonyl (C=O) groups is 2. The maximum Gasteiger partial charge on any atom is 0.355 e. The SMILES string of the molecule is CCOC(=O)c1c(C)ccn1Cc1ccc(C(N)=O)cc1. The van der Waals surface area contributed by atoms with Crippen LogP contribution in [0.1, 0.15) is 38.9 Å². The lowest BCUT2D eigenvalue weighted by Gasteiger charge is -2.10. The molecule has 2 N–H and O–H groups in total. The quantitative estimate of drug-likeness (QED) is 0.855. The van der Waals surface area contributed by atoms with E-state index in [1.807, 2.05) is 35.9 Å². The molecule has 0 aliphatic heterocycles. The minimum absolute atomic E-state index is 0.325. The van der Waals surface area contributed by atoms with Crippen molar-refractivity contribution in [1.29, 1.82) is 0 Å². The Balaban J connectivity index is 2.23. The van der Waals surface area contributed by atoms with Gasteiger partial charge in [0, 0.05) is 18.3 Å². The Bertz CT molecular complexity index is 657. The predicted molar refractivity (Wildman–Crippen MR) is 79.2 cm³/mol. The van der Waals surface area contributed by atoms with Crippen LogP contribution in [0.5, 0.6) is 0 Å². The van der Waals surface area contributed by atoms with Crippen molar-refractivity contribution in [3.05, 3.63) is 58.9 Å². The molecular weight excluding hydrogens is 268 g/mol. The van der Waals surface area contributed by atoms with E-state index < -0.39 is 5.91 Å². The molecule has 2 rings (SSSR count). The lowest BCUT2D eigenvalue weighted by atomic mass is 10.1. The van der Waals surface area contributed by atoms with Crippen LogP contribution in [0.25, 0.3) is 0 Å². The van der Waals surface area contributed by atoms with E-state index in [1.54, 1.807) is 19.1 Å². The van der Waals surface area contributed by atoms with Gasteiger partial charge in [-0.2, -0.15) is 0 Å². The average Bonchev–Trinajstić information content (AvgIpc) is 2.80. The summed E-state index contributed by atoms with van der Waals surface area (Å²) in [6, 6.07) is 8.88. The predicted octanol–water partition coefficient (Wildman–Crippen LogP) is 2.12. The minimum atomic E-state index is -0.453. The van der Waals surface area contributed by atoms with Crippen molar-refractivity contribution >= 4 is 11.9 Å². The number of ether oxygens (including phenoxy) is 1. The number of nitrogens with two attached hydrogens (primary N) is 1. The van der Waals surface area contributed by atoms with Crippen LogP contribution in [0.2, 0.25) is 0 Å². The lowest BCUT2D eigenvalue weighted by molar-refractivity contribution is 0.0513. The van der Waals surface area contributed by atoms with Crippen molar-refractivity contribution in [1.82, 2.24) is 4.57 Å². The highest BCUT2D eigenvalue weighted by Crippen LogP contribution is 2.14. The first kappa shape index (κ1) is 14.8. The van der Waals surface area contributed by atoms with Crippen LogP contribution in [0.3, 0.4) is 0 Å². The average molecular weight is 286 g/mol. The van der Waals surface area contributed by atoms with Crippen LogP contribution >= 0.6 is 0 Å². The molecule has 0 fully saturated rings. The highest BCUT2D eigenvalue weighted by atomic mass is 16.5. The number of aromatic nitrogens is 1. The molecule has 1 aromatic carbocycles. The second-order valence-corrected chi connectivity index (χ2v) is 4.76. The summed E-state index contributed by atoms with van der Waals surface area (Å²) in [5.74, 6) is -0.778. The van der Waals surface area contributed by atoms with E-state index in [0.717, 1.165) is 11.1 Å². The zero-order chi connectivity index (χ0) is 15.4. The van der Waals surface area contributed by atoms with E-state index in [2.05, 4.69) is 0 Å². The molecule has 21 heavy (non-hydrogen) atoms. The molecule has 0 radical (unpaired) electrons. The molecule has 0 unspecified atom stereocenters. The molecule has 1 aromatic heterocycles. The Kier molecular flexibility index (Phi) is 4.42. The summed E-state index contributed by atoms with van der Waals surface area (Å²) in [4.78, 5) is 23.0. The van der Waals surface area contributed by atoms with Crippen LogP contribution in [-0.4, -0.2) is 23.1 Å². The molecule has 0 bridgehead atoms. The summed E-state index contributed by atoms with van der Waals surface area (Å²) < 4.78 is 6.91. The molecule has 0 saturated carbocycles. The molecule has 5 nitrogen and oxygen atoms in total. The summed E-state index contributed by atoms with van der Waals surface area (Å²) in [6.45, 7) is 4.53. The molecule has 1 heterocycles. The van der Waals surface area contributed by atoms with Gasteiger partial charge >= 0.3 is 5.97 Å². The number of primary amides is 1. The summed E-state index contributed by atoms with van der Waals surface area (Å²) in [5.41, 5.74) is 8.08. The van der Waals surface area contributed by atoms with Gasteiger partial charge in [-0.3, -0.25) is 4.79 Å². The fraction of sp³-hybridized carbons (Fsp3) is 0.250. The second kappa shape index (κ2) is 6.26. The first-order valence-corrected chi connectivity index (χ1v) is 6.74. The number of amides is 1. The smallest absolute Gasteiger partial charge is 0.355 e. The first-order valence-electron chi connectivity index (χ1n) is 6.74. The van der Waals surface area contributed by atoms with Crippen molar-refractivity contribution in [3.8, 4) is 0 Å². The van der Waals surface area contributed by atoms with Gasteiger partial charge in [-0.05, 0) is 43.2 Å².